The Hall–Kier alpha value is 0.330. The quantitative estimate of drug-likeness (QED) is 0.475. The third-order valence-corrected chi connectivity index (χ3v) is 2.34. The van der Waals surface area contributed by atoms with Crippen LogP contribution in [0.3, 0.4) is 0 Å². The molecule has 2 nitrogen and oxygen atoms in total. The lowest BCUT2D eigenvalue weighted by atomic mass is 10.1. The summed E-state index contributed by atoms with van der Waals surface area (Å²) in [6, 6.07) is -0.0721. The summed E-state index contributed by atoms with van der Waals surface area (Å²) in [6.45, 7) is 3.61. The lowest BCUT2D eigenvalue weighted by Crippen LogP contribution is -2.28. The van der Waals surface area contributed by atoms with Gasteiger partial charge < -0.3 is 5.73 Å². The number of carbonyl (C=O) groups is 1. The summed E-state index contributed by atoms with van der Waals surface area (Å²) in [4.78, 5) is 10.8. The van der Waals surface area contributed by atoms with Gasteiger partial charge >= 0.3 is 0 Å². The Bertz CT molecular complexity index is 105. The second-order valence-corrected chi connectivity index (χ2v) is 3.19. The second-order valence-electron chi connectivity index (χ2n) is 2.06. The van der Waals surface area contributed by atoms with Crippen molar-refractivity contribution in [3.63, 3.8) is 0 Å². The van der Waals surface area contributed by atoms with Gasteiger partial charge in [-0.25, -0.2) is 0 Å². The van der Waals surface area contributed by atoms with Crippen molar-refractivity contribution in [2.24, 2.45) is 11.7 Å². The standard InChI is InChI=1S/C5H11NOS2/c1-3(4(2)6)5(7)9-8/h3-4,8H,6H2,1-2H3. The second kappa shape index (κ2) is 4.19. The Balaban J connectivity index is 3.72. The molecule has 0 amide bonds. The van der Waals surface area contributed by atoms with E-state index in [4.69, 9.17) is 5.73 Å². The van der Waals surface area contributed by atoms with Crippen molar-refractivity contribution < 1.29 is 4.79 Å². The first kappa shape index (κ1) is 9.33. The third kappa shape index (κ3) is 3.13. The molecule has 2 atom stereocenters. The van der Waals surface area contributed by atoms with E-state index in [0.717, 1.165) is 10.8 Å². The van der Waals surface area contributed by atoms with Crippen LogP contribution < -0.4 is 5.73 Å². The maximum Gasteiger partial charge on any atom is 0.203 e. The summed E-state index contributed by atoms with van der Waals surface area (Å²) in [5.41, 5.74) is 5.44. The molecule has 9 heavy (non-hydrogen) atoms. The van der Waals surface area contributed by atoms with Crippen LogP contribution in [0.2, 0.25) is 0 Å². The predicted molar refractivity (Wildman–Crippen MR) is 44.4 cm³/mol. The van der Waals surface area contributed by atoms with Crippen molar-refractivity contribution >= 4 is 27.6 Å². The molecule has 0 spiro atoms. The van der Waals surface area contributed by atoms with Crippen LogP contribution in [-0.2, 0) is 4.79 Å². The molecule has 0 saturated heterocycles. The van der Waals surface area contributed by atoms with E-state index in [1.165, 1.54) is 0 Å². The van der Waals surface area contributed by atoms with Gasteiger partial charge in [-0.15, -0.1) is 11.7 Å². The van der Waals surface area contributed by atoms with Crippen molar-refractivity contribution in [3.05, 3.63) is 0 Å². The molecule has 54 valence electrons. The Morgan fingerprint density at radius 2 is 2.11 bits per heavy atom. The summed E-state index contributed by atoms with van der Waals surface area (Å²) < 4.78 is 0. The summed E-state index contributed by atoms with van der Waals surface area (Å²) in [5, 5.41) is 0.0355. The van der Waals surface area contributed by atoms with Crippen molar-refractivity contribution in [2.45, 2.75) is 19.9 Å². The van der Waals surface area contributed by atoms with Crippen LogP contribution in [0.15, 0.2) is 0 Å². The zero-order chi connectivity index (χ0) is 7.44. The van der Waals surface area contributed by atoms with E-state index in [-0.39, 0.29) is 17.1 Å². The summed E-state index contributed by atoms with van der Waals surface area (Å²) in [7, 11) is 0.937. The smallest absolute Gasteiger partial charge is 0.203 e. The zero-order valence-electron chi connectivity index (χ0n) is 5.50. The number of carbonyl (C=O) groups excluding carboxylic acids is 1. The number of thiol groups is 1. The number of hydrogen-bond donors (Lipinski definition) is 2. The molecule has 0 aliphatic carbocycles. The van der Waals surface area contributed by atoms with Gasteiger partial charge in [-0.3, -0.25) is 4.79 Å². The van der Waals surface area contributed by atoms with E-state index >= 15 is 0 Å². The average molecular weight is 165 g/mol. The normalized spacial score (nSPS) is 16.9. The molecular weight excluding hydrogens is 154 g/mol. The summed E-state index contributed by atoms with van der Waals surface area (Å²) >= 11 is 3.76. The van der Waals surface area contributed by atoms with Gasteiger partial charge in [-0.05, 0) is 17.7 Å². The molecule has 0 rings (SSSR count). The highest BCUT2D eigenvalue weighted by Gasteiger charge is 2.15. The maximum absolute atomic E-state index is 10.8. The van der Waals surface area contributed by atoms with Gasteiger partial charge in [0.2, 0.25) is 5.12 Å². The topological polar surface area (TPSA) is 43.1 Å². The molecule has 2 unspecified atom stereocenters. The zero-order valence-corrected chi connectivity index (χ0v) is 7.21. The number of hydrogen-bond acceptors (Lipinski definition) is 4. The maximum atomic E-state index is 10.8. The van der Waals surface area contributed by atoms with E-state index < -0.39 is 0 Å². The molecule has 0 aromatic rings. The molecule has 0 aliphatic rings. The molecule has 2 N–H and O–H groups in total. The van der Waals surface area contributed by atoms with E-state index in [1.807, 2.05) is 6.92 Å². The van der Waals surface area contributed by atoms with Gasteiger partial charge in [0, 0.05) is 12.0 Å². The highest BCUT2D eigenvalue weighted by Crippen LogP contribution is 2.15. The van der Waals surface area contributed by atoms with Crippen LogP contribution >= 0.6 is 22.5 Å². The minimum atomic E-state index is -0.0903. The molecule has 0 aromatic carbocycles. The lowest BCUT2D eigenvalue weighted by Gasteiger charge is -2.10. The van der Waals surface area contributed by atoms with Gasteiger partial charge in [0.1, 0.15) is 0 Å². The highest BCUT2D eigenvalue weighted by molar-refractivity contribution is 8.74. The van der Waals surface area contributed by atoms with E-state index in [1.54, 1.807) is 6.92 Å². The fraction of sp³-hybridized carbons (Fsp3) is 0.800. The first-order valence-electron chi connectivity index (χ1n) is 2.70. The van der Waals surface area contributed by atoms with Crippen LogP contribution in [-0.4, -0.2) is 11.2 Å². The Kier molecular flexibility index (Phi) is 4.35. The monoisotopic (exact) mass is 165 g/mol. The van der Waals surface area contributed by atoms with Crippen LogP contribution in [0, 0.1) is 5.92 Å². The van der Waals surface area contributed by atoms with E-state index in [0.29, 0.717) is 0 Å². The molecular formula is C5H11NOS2. The fourth-order valence-electron chi connectivity index (χ4n) is 0.298. The molecule has 4 heteroatoms. The van der Waals surface area contributed by atoms with E-state index in [2.05, 4.69) is 11.7 Å². The third-order valence-electron chi connectivity index (χ3n) is 1.25. The summed E-state index contributed by atoms with van der Waals surface area (Å²) in [5.74, 6) is -0.0903. The van der Waals surface area contributed by atoms with E-state index in [9.17, 15) is 4.79 Å². The average Bonchev–Trinajstić information content (AvgIpc) is 1.84. The summed E-state index contributed by atoms with van der Waals surface area (Å²) in [6.07, 6.45) is 0. The van der Waals surface area contributed by atoms with Crippen molar-refractivity contribution in [2.75, 3.05) is 0 Å². The lowest BCUT2D eigenvalue weighted by molar-refractivity contribution is -0.114. The first-order chi connectivity index (χ1) is 4.09. The number of rotatable bonds is 2. The molecule has 0 radical (unpaired) electrons. The van der Waals surface area contributed by atoms with Crippen LogP contribution in [0.5, 0.6) is 0 Å². The van der Waals surface area contributed by atoms with Gasteiger partial charge in [0.05, 0.1) is 0 Å². The van der Waals surface area contributed by atoms with Gasteiger partial charge in [-0.2, -0.15) is 0 Å². The molecule has 0 heterocycles. The van der Waals surface area contributed by atoms with Crippen LogP contribution in [0.4, 0.5) is 0 Å². The predicted octanol–water partition coefficient (Wildman–Crippen LogP) is 1.07. The Morgan fingerprint density at radius 3 is 2.22 bits per heavy atom. The van der Waals surface area contributed by atoms with Crippen LogP contribution in [0.25, 0.3) is 0 Å². The molecule has 0 aromatic heterocycles. The van der Waals surface area contributed by atoms with Gasteiger partial charge in [0.25, 0.3) is 0 Å². The largest absolute Gasteiger partial charge is 0.327 e. The van der Waals surface area contributed by atoms with Crippen molar-refractivity contribution in [1.29, 1.82) is 0 Å². The Morgan fingerprint density at radius 1 is 1.67 bits per heavy atom. The van der Waals surface area contributed by atoms with Crippen molar-refractivity contribution in [1.82, 2.24) is 0 Å². The van der Waals surface area contributed by atoms with Crippen LogP contribution in [0.1, 0.15) is 13.8 Å². The molecule has 0 fully saturated rings. The highest BCUT2D eigenvalue weighted by atomic mass is 33.1. The van der Waals surface area contributed by atoms with Crippen molar-refractivity contribution in [3.8, 4) is 0 Å². The minimum Gasteiger partial charge on any atom is -0.327 e. The SMILES string of the molecule is CC(N)C(C)C(=O)SS. The number of nitrogens with two attached hydrogens (primary N) is 1. The molecule has 0 aliphatic heterocycles. The molecule has 0 saturated carbocycles. The fourth-order valence-corrected chi connectivity index (χ4v) is 1.18. The minimum absolute atomic E-state index is 0.0355. The first-order valence-corrected chi connectivity index (χ1v) is 4.57. The Labute approximate surface area is 64.4 Å². The van der Waals surface area contributed by atoms with Gasteiger partial charge in [0.15, 0.2) is 0 Å². The van der Waals surface area contributed by atoms with Gasteiger partial charge in [-0.1, -0.05) is 6.92 Å². The molecule has 0 bridgehead atoms.